The first-order valence-corrected chi connectivity index (χ1v) is 11.4. The first kappa shape index (κ1) is 21.4. The number of fused-ring (bicyclic) bond motifs is 1. The highest BCUT2D eigenvalue weighted by atomic mass is 16.5. The number of rotatable bonds is 9. The molecule has 31 heavy (non-hydrogen) atoms. The predicted octanol–water partition coefficient (Wildman–Crippen LogP) is 4.43. The lowest BCUT2D eigenvalue weighted by atomic mass is 10.1. The van der Waals surface area contributed by atoms with E-state index in [0.29, 0.717) is 18.4 Å². The average molecular weight is 425 g/mol. The predicted molar refractivity (Wildman–Crippen MR) is 122 cm³/mol. The van der Waals surface area contributed by atoms with Crippen molar-refractivity contribution >= 4 is 17.0 Å². The van der Waals surface area contributed by atoms with Crippen molar-refractivity contribution in [2.75, 3.05) is 25.6 Å². The maximum Gasteiger partial charge on any atom is 0.294 e. The van der Waals surface area contributed by atoms with Gasteiger partial charge in [-0.05, 0) is 43.4 Å². The fourth-order valence-corrected chi connectivity index (χ4v) is 4.21. The Morgan fingerprint density at radius 2 is 2.03 bits per heavy atom. The van der Waals surface area contributed by atoms with Gasteiger partial charge in [-0.1, -0.05) is 42.7 Å². The molecule has 1 fully saturated rings. The van der Waals surface area contributed by atoms with Gasteiger partial charge in [0.05, 0.1) is 20.3 Å². The number of hydrogen-bond acceptors (Lipinski definition) is 5. The van der Waals surface area contributed by atoms with Crippen molar-refractivity contribution in [1.82, 2.24) is 15.0 Å². The van der Waals surface area contributed by atoms with E-state index < -0.39 is 0 Å². The highest BCUT2D eigenvalue weighted by molar-refractivity contribution is 5.80. The number of nitrogens with zero attached hydrogens (tertiary/aromatic N) is 3. The molecule has 0 saturated heterocycles. The van der Waals surface area contributed by atoms with Crippen LogP contribution < -0.4 is 19.4 Å². The molecule has 0 amide bonds. The molecule has 1 saturated carbocycles. The van der Waals surface area contributed by atoms with Gasteiger partial charge in [-0.25, -0.2) is 4.57 Å². The summed E-state index contributed by atoms with van der Waals surface area (Å²) in [4.78, 5) is 13.0. The van der Waals surface area contributed by atoms with E-state index in [2.05, 4.69) is 52.8 Å². The van der Waals surface area contributed by atoms with Crippen molar-refractivity contribution in [2.24, 2.45) is 5.92 Å². The van der Waals surface area contributed by atoms with Crippen LogP contribution >= 0.6 is 0 Å². The summed E-state index contributed by atoms with van der Waals surface area (Å²) < 4.78 is 13.8. The molecule has 1 aromatic carbocycles. The van der Waals surface area contributed by atoms with Crippen LogP contribution in [0.2, 0.25) is 0 Å². The van der Waals surface area contributed by atoms with Gasteiger partial charge >= 0.3 is 0 Å². The molecule has 0 bridgehead atoms. The topological polar surface area (TPSA) is 75.9 Å². The Balaban J connectivity index is 1.62. The molecule has 3 aromatic rings. The van der Waals surface area contributed by atoms with Gasteiger partial charge in [-0.15, -0.1) is 0 Å². The molecule has 1 aliphatic carbocycles. The zero-order valence-corrected chi connectivity index (χ0v) is 19.1. The van der Waals surface area contributed by atoms with Gasteiger partial charge in [0.15, 0.2) is 22.8 Å². The van der Waals surface area contributed by atoms with E-state index >= 15 is 0 Å². The van der Waals surface area contributed by atoms with Crippen LogP contribution in [0.25, 0.3) is 11.2 Å². The van der Waals surface area contributed by atoms with Gasteiger partial charge in [-0.3, -0.25) is 0 Å². The molecule has 4 rings (SSSR count). The minimum absolute atomic E-state index is 0.312. The Labute approximate surface area is 184 Å². The number of benzene rings is 1. The monoisotopic (exact) mass is 424 g/mol. The number of H-pyrrole nitrogens is 1. The Morgan fingerprint density at radius 1 is 1.23 bits per heavy atom. The Morgan fingerprint density at radius 3 is 2.74 bits per heavy atom. The minimum atomic E-state index is 0.312. The van der Waals surface area contributed by atoms with E-state index in [0.717, 1.165) is 53.0 Å². The molecule has 0 atom stereocenters. The number of methoxy groups -OCH3 is 1. The van der Waals surface area contributed by atoms with Crippen LogP contribution in [0.3, 0.4) is 0 Å². The number of ether oxygens (including phenoxy) is 2. The second kappa shape index (κ2) is 9.54. The van der Waals surface area contributed by atoms with Crippen LogP contribution in [0.1, 0.15) is 63.8 Å². The fraction of sp³-hybridized carbons (Fsp3) is 0.542. The minimum Gasteiger partial charge on any atom is -0.493 e. The number of nitrogens with one attached hydrogen (secondary N) is 2. The van der Waals surface area contributed by atoms with E-state index in [1.165, 1.54) is 25.7 Å². The Hall–Kier alpha value is -2.83. The SMILES string of the molecule is CCNc1nc[n+](Cc2ccc(OC)c(OCC3CCCC3)c2)c2nc(C(C)C)[nH]c12. The molecular weight excluding hydrogens is 390 g/mol. The Bertz CT molecular complexity index is 1020. The second-order valence-corrected chi connectivity index (χ2v) is 8.67. The van der Waals surface area contributed by atoms with E-state index in [-0.39, 0.29) is 0 Å². The summed E-state index contributed by atoms with van der Waals surface area (Å²) in [6.07, 6.45) is 7.01. The molecule has 166 valence electrons. The lowest BCUT2D eigenvalue weighted by Gasteiger charge is -2.15. The lowest BCUT2D eigenvalue weighted by molar-refractivity contribution is -0.667. The van der Waals surface area contributed by atoms with Crippen molar-refractivity contribution in [2.45, 2.75) is 58.9 Å². The summed E-state index contributed by atoms with van der Waals surface area (Å²) in [6.45, 7) is 8.57. The smallest absolute Gasteiger partial charge is 0.294 e. The van der Waals surface area contributed by atoms with Crippen LogP contribution in [-0.4, -0.2) is 35.2 Å². The fourth-order valence-electron chi connectivity index (χ4n) is 4.21. The van der Waals surface area contributed by atoms with Gasteiger partial charge < -0.3 is 19.8 Å². The maximum absolute atomic E-state index is 6.18. The lowest BCUT2D eigenvalue weighted by Crippen LogP contribution is -2.36. The standard InChI is InChI=1S/C24H33N5O2/c1-5-25-23-21-24(28-22(27-21)16(2)3)29(15-26-23)13-18-10-11-19(30-4)20(12-18)31-14-17-8-6-7-9-17/h10-12,15-17H,5-9,13-14H2,1-4H3,(H,25,27,28)/p+1. The van der Waals surface area contributed by atoms with Crippen molar-refractivity contribution in [3.63, 3.8) is 0 Å². The molecule has 7 heteroatoms. The van der Waals surface area contributed by atoms with Gasteiger partial charge in [0.25, 0.3) is 5.65 Å². The molecule has 7 nitrogen and oxygen atoms in total. The van der Waals surface area contributed by atoms with Crippen LogP contribution in [0.15, 0.2) is 24.5 Å². The van der Waals surface area contributed by atoms with Crippen molar-refractivity contribution in [1.29, 1.82) is 0 Å². The molecule has 2 N–H and O–H groups in total. The molecule has 2 heterocycles. The highest BCUT2D eigenvalue weighted by Crippen LogP contribution is 2.31. The third-order valence-electron chi connectivity index (χ3n) is 5.96. The molecule has 0 unspecified atom stereocenters. The first-order chi connectivity index (χ1) is 15.1. The summed E-state index contributed by atoms with van der Waals surface area (Å²) in [5, 5.41) is 3.33. The zero-order chi connectivity index (χ0) is 21.8. The first-order valence-electron chi connectivity index (χ1n) is 11.4. The van der Waals surface area contributed by atoms with Gasteiger partial charge in [-0.2, -0.15) is 0 Å². The normalized spacial score (nSPS) is 14.5. The Kier molecular flexibility index (Phi) is 6.59. The maximum atomic E-state index is 6.18. The van der Waals surface area contributed by atoms with E-state index in [1.807, 2.05) is 12.4 Å². The van der Waals surface area contributed by atoms with Crippen LogP contribution in [0.5, 0.6) is 11.5 Å². The van der Waals surface area contributed by atoms with E-state index in [4.69, 9.17) is 14.5 Å². The summed E-state index contributed by atoms with van der Waals surface area (Å²) in [7, 11) is 1.69. The molecule has 0 aliphatic heterocycles. The summed E-state index contributed by atoms with van der Waals surface area (Å²) >= 11 is 0. The average Bonchev–Trinajstić information content (AvgIpc) is 3.44. The highest BCUT2D eigenvalue weighted by Gasteiger charge is 2.22. The van der Waals surface area contributed by atoms with Crippen LogP contribution in [0, 0.1) is 5.92 Å². The number of imidazole rings is 1. The number of hydrogen-bond donors (Lipinski definition) is 2. The number of aromatic amines is 1. The third kappa shape index (κ3) is 4.75. The van der Waals surface area contributed by atoms with Crippen molar-refractivity contribution < 1.29 is 14.0 Å². The second-order valence-electron chi connectivity index (χ2n) is 8.67. The zero-order valence-electron chi connectivity index (χ0n) is 19.1. The van der Waals surface area contributed by atoms with Gasteiger partial charge in [0.1, 0.15) is 0 Å². The van der Waals surface area contributed by atoms with Crippen molar-refractivity contribution in [3.05, 3.63) is 35.9 Å². The molecule has 0 spiro atoms. The van der Waals surface area contributed by atoms with Crippen molar-refractivity contribution in [3.8, 4) is 11.5 Å². The number of aromatic nitrogens is 4. The summed E-state index contributed by atoms with van der Waals surface area (Å²) in [5.41, 5.74) is 2.97. The molecule has 1 aliphatic rings. The number of anilines is 1. The van der Waals surface area contributed by atoms with Crippen LogP contribution in [0.4, 0.5) is 5.82 Å². The van der Waals surface area contributed by atoms with Gasteiger partial charge in [0, 0.05) is 12.5 Å². The molecule has 0 radical (unpaired) electrons. The van der Waals surface area contributed by atoms with E-state index in [1.54, 1.807) is 7.11 Å². The quantitative estimate of drug-likeness (QED) is 0.497. The molecular formula is C24H34N5O2+. The van der Waals surface area contributed by atoms with Crippen LogP contribution in [-0.2, 0) is 6.54 Å². The third-order valence-corrected chi connectivity index (χ3v) is 5.96. The summed E-state index contributed by atoms with van der Waals surface area (Å²) in [5.74, 6) is 4.36. The van der Waals surface area contributed by atoms with Gasteiger partial charge in [0.2, 0.25) is 12.1 Å². The summed E-state index contributed by atoms with van der Waals surface area (Å²) in [6, 6.07) is 6.15. The van der Waals surface area contributed by atoms with E-state index in [9.17, 15) is 0 Å². The molecule has 2 aromatic heterocycles. The largest absolute Gasteiger partial charge is 0.493 e.